The lowest BCUT2D eigenvalue weighted by Gasteiger charge is -2.25. The van der Waals surface area contributed by atoms with Crippen LogP contribution in [0.4, 0.5) is 0 Å². The van der Waals surface area contributed by atoms with Crippen LogP contribution in [0, 0.1) is 0 Å². The molecule has 1 aromatic heterocycles. The quantitative estimate of drug-likeness (QED) is 0.690. The fourth-order valence-electron chi connectivity index (χ4n) is 3.41. The molecule has 1 atom stereocenters. The van der Waals surface area contributed by atoms with Gasteiger partial charge in [0.15, 0.2) is 5.69 Å². The summed E-state index contributed by atoms with van der Waals surface area (Å²) < 4.78 is 1.45. The number of likely N-dealkylation sites (tertiary alicyclic amines) is 1. The highest BCUT2D eigenvalue weighted by atomic mass is 16.2. The highest BCUT2D eigenvalue weighted by molar-refractivity contribution is 5.92. The van der Waals surface area contributed by atoms with Crippen molar-refractivity contribution in [2.45, 2.75) is 46.7 Å². The maximum absolute atomic E-state index is 12.6. The molecule has 2 rings (SSSR count). The van der Waals surface area contributed by atoms with Crippen LogP contribution in [-0.2, 0) is 11.3 Å². The van der Waals surface area contributed by atoms with E-state index in [1.807, 2.05) is 18.7 Å². The summed E-state index contributed by atoms with van der Waals surface area (Å²) in [5.41, 5.74) is 0.313. The average Bonchev–Trinajstić information content (AvgIpc) is 3.26. The zero-order valence-electron chi connectivity index (χ0n) is 15.8. The van der Waals surface area contributed by atoms with Crippen LogP contribution < -0.4 is 0 Å². The highest BCUT2D eigenvalue weighted by Crippen LogP contribution is 2.17. The molecule has 1 saturated heterocycles. The van der Waals surface area contributed by atoms with Gasteiger partial charge >= 0.3 is 0 Å². The Balaban J connectivity index is 1.96. The Kier molecular flexibility index (Phi) is 6.92. The molecule has 1 unspecified atom stereocenters. The van der Waals surface area contributed by atoms with Gasteiger partial charge in [0, 0.05) is 32.2 Å². The normalized spacial score (nSPS) is 17.3. The Morgan fingerprint density at radius 2 is 1.84 bits per heavy atom. The zero-order valence-corrected chi connectivity index (χ0v) is 15.8. The molecule has 0 saturated carbocycles. The van der Waals surface area contributed by atoms with Crippen molar-refractivity contribution in [1.29, 1.82) is 0 Å². The van der Waals surface area contributed by atoms with Crippen molar-refractivity contribution in [2.24, 2.45) is 0 Å². The topological polar surface area (TPSA) is 74.6 Å². The third-order valence-electron chi connectivity index (χ3n) is 4.95. The standard InChI is InChI=1S/C17H30N6O2/c1-5-20(6-2)14-9-10-22(11-14)17(25)15-12-23(19-18-15)13-16(24)21(7-3)8-4/h12,14H,5-11,13H2,1-4H3. The second-order valence-electron chi connectivity index (χ2n) is 6.28. The monoisotopic (exact) mass is 350 g/mol. The third-order valence-corrected chi connectivity index (χ3v) is 4.95. The Morgan fingerprint density at radius 1 is 1.16 bits per heavy atom. The molecule has 0 aliphatic carbocycles. The van der Waals surface area contributed by atoms with Gasteiger partial charge in [-0.2, -0.15) is 0 Å². The molecule has 1 aliphatic heterocycles. The molecule has 0 spiro atoms. The highest BCUT2D eigenvalue weighted by Gasteiger charge is 2.30. The fraction of sp³-hybridized carbons (Fsp3) is 0.765. The van der Waals surface area contributed by atoms with Crippen LogP contribution in [-0.4, -0.2) is 86.8 Å². The van der Waals surface area contributed by atoms with Gasteiger partial charge in [0.25, 0.3) is 5.91 Å². The van der Waals surface area contributed by atoms with Gasteiger partial charge in [-0.05, 0) is 33.4 Å². The third kappa shape index (κ3) is 4.56. The van der Waals surface area contributed by atoms with Crippen molar-refractivity contribution in [3.63, 3.8) is 0 Å². The summed E-state index contributed by atoms with van der Waals surface area (Å²) >= 11 is 0. The first-order valence-electron chi connectivity index (χ1n) is 9.25. The first kappa shape index (κ1) is 19.4. The SMILES string of the molecule is CCN(CC)C(=O)Cn1cc(C(=O)N2CCC(N(CC)CC)C2)nn1. The van der Waals surface area contributed by atoms with Crippen LogP contribution in [0.2, 0.25) is 0 Å². The van der Waals surface area contributed by atoms with Gasteiger partial charge in [-0.3, -0.25) is 14.5 Å². The number of aromatic nitrogens is 3. The second kappa shape index (κ2) is 8.94. The van der Waals surface area contributed by atoms with E-state index in [1.165, 1.54) is 4.68 Å². The Labute approximate surface area is 149 Å². The molecule has 1 fully saturated rings. The number of hydrogen-bond acceptors (Lipinski definition) is 5. The molecule has 2 amide bonds. The molecular weight excluding hydrogens is 320 g/mol. The van der Waals surface area contributed by atoms with Crippen LogP contribution in [0.1, 0.15) is 44.6 Å². The van der Waals surface area contributed by atoms with Gasteiger partial charge in [0.05, 0.1) is 6.20 Å². The van der Waals surface area contributed by atoms with Gasteiger partial charge in [0.2, 0.25) is 5.91 Å². The maximum atomic E-state index is 12.6. The fourth-order valence-corrected chi connectivity index (χ4v) is 3.41. The molecule has 2 heterocycles. The van der Waals surface area contributed by atoms with Crippen molar-refractivity contribution in [3.05, 3.63) is 11.9 Å². The van der Waals surface area contributed by atoms with E-state index in [0.717, 1.165) is 32.6 Å². The minimum Gasteiger partial charge on any atom is -0.342 e. The Morgan fingerprint density at radius 3 is 2.44 bits per heavy atom. The van der Waals surface area contributed by atoms with Crippen LogP contribution >= 0.6 is 0 Å². The molecule has 25 heavy (non-hydrogen) atoms. The molecule has 140 valence electrons. The number of carbonyl (C=O) groups is 2. The Hall–Kier alpha value is -1.96. The number of nitrogens with zero attached hydrogens (tertiary/aromatic N) is 6. The van der Waals surface area contributed by atoms with Crippen molar-refractivity contribution in [1.82, 2.24) is 29.7 Å². The smallest absolute Gasteiger partial charge is 0.276 e. The van der Waals surface area contributed by atoms with E-state index in [1.54, 1.807) is 11.1 Å². The lowest BCUT2D eigenvalue weighted by atomic mass is 10.2. The van der Waals surface area contributed by atoms with E-state index in [-0.39, 0.29) is 18.4 Å². The maximum Gasteiger partial charge on any atom is 0.276 e. The number of carbonyl (C=O) groups excluding carboxylic acids is 2. The van der Waals surface area contributed by atoms with E-state index in [2.05, 4.69) is 29.1 Å². The number of amides is 2. The molecule has 0 radical (unpaired) electrons. The van der Waals surface area contributed by atoms with Crippen molar-refractivity contribution < 1.29 is 9.59 Å². The predicted molar refractivity (Wildman–Crippen MR) is 95.2 cm³/mol. The van der Waals surface area contributed by atoms with Crippen LogP contribution in [0.5, 0.6) is 0 Å². The lowest BCUT2D eigenvalue weighted by molar-refractivity contribution is -0.131. The summed E-state index contributed by atoms with van der Waals surface area (Å²) in [5, 5.41) is 7.92. The molecule has 8 nitrogen and oxygen atoms in total. The van der Waals surface area contributed by atoms with E-state index in [0.29, 0.717) is 24.8 Å². The van der Waals surface area contributed by atoms with Crippen LogP contribution in [0.15, 0.2) is 6.20 Å². The van der Waals surface area contributed by atoms with Gasteiger partial charge in [-0.15, -0.1) is 5.10 Å². The van der Waals surface area contributed by atoms with Gasteiger partial charge < -0.3 is 9.80 Å². The summed E-state index contributed by atoms with van der Waals surface area (Å²) in [4.78, 5) is 30.7. The van der Waals surface area contributed by atoms with Crippen LogP contribution in [0.25, 0.3) is 0 Å². The van der Waals surface area contributed by atoms with Crippen LogP contribution in [0.3, 0.4) is 0 Å². The summed E-state index contributed by atoms with van der Waals surface area (Å²) in [6.45, 7) is 13.1. The average molecular weight is 350 g/mol. The molecule has 8 heteroatoms. The molecule has 0 aromatic carbocycles. The molecule has 0 bridgehead atoms. The minimum absolute atomic E-state index is 0.0170. The zero-order chi connectivity index (χ0) is 18.4. The number of likely N-dealkylation sites (N-methyl/N-ethyl adjacent to an activating group) is 2. The molecular formula is C17H30N6O2. The van der Waals surface area contributed by atoms with Crippen molar-refractivity contribution >= 4 is 11.8 Å². The Bertz CT molecular complexity index is 579. The predicted octanol–water partition coefficient (Wildman–Crippen LogP) is 0.703. The summed E-state index contributed by atoms with van der Waals surface area (Å²) in [6.07, 6.45) is 2.57. The summed E-state index contributed by atoms with van der Waals surface area (Å²) in [5.74, 6) is -0.118. The van der Waals surface area contributed by atoms with E-state index >= 15 is 0 Å². The van der Waals surface area contributed by atoms with E-state index in [9.17, 15) is 9.59 Å². The van der Waals surface area contributed by atoms with E-state index < -0.39 is 0 Å². The number of hydrogen-bond donors (Lipinski definition) is 0. The van der Waals surface area contributed by atoms with Gasteiger partial charge in [-0.1, -0.05) is 19.1 Å². The lowest BCUT2D eigenvalue weighted by Crippen LogP contribution is -2.38. The summed E-state index contributed by atoms with van der Waals surface area (Å²) in [6, 6.07) is 0.415. The number of rotatable bonds is 8. The first-order chi connectivity index (χ1) is 12.0. The molecule has 1 aromatic rings. The summed E-state index contributed by atoms with van der Waals surface area (Å²) in [7, 11) is 0. The van der Waals surface area contributed by atoms with E-state index in [4.69, 9.17) is 0 Å². The van der Waals surface area contributed by atoms with Crippen molar-refractivity contribution in [2.75, 3.05) is 39.3 Å². The minimum atomic E-state index is -0.101. The van der Waals surface area contributed by atoms with Gasteiger partial charge in [-0.25, -0.2) is 4.68 Å². The molecule has 0 N–H and O–H groups in total. The second-order valence-corrected chi connectivity index (χ2v) is 6.28. The van der Waals surface area contributed by atoms with Crippen molar-refractivity contribution in [3.8, 4) is 0 Å². The molecule has 1 aliphatic rings. The largest absolute Gasteiger partial charge is 0.342 e. The van der Waals surface area contributed by atoms with Gasteiger partial charge in [0.1, 0.15) is 6.54 Å². The first-order valence-corrected chi connectivity index (χ1v) is 9.25.